The minimum Gasteiger partial charge on any atom is -0.296 e. The first-order valence-corrected chi connectivity index (χ1v) is 6.19. The summed E-state index contributed by atoms with van der Waals surface area (Å²) in [5, 5.41) is 4.03. The van der Waals surface area contributed by atoms with E-state index in [2.05, 4.69) is 5.10 Å². The number of nitrogens with zero attached hydrogens (tertiary/aromatic N) is 3. The van der Waals surface area contributed by atoms with Crippen molar-refractivity contribution in [2.24, 2.45) is 7.05 Å². The van der Waals surface area contributed by atoms with E-state index in [1.165, 1.54) is 17.0 Å². The molecule has 1 aromatic heterocycles. The Morgan fingerprint density at radius 1 is 1.30 bits per heavy atom. The van der Waals surface area contributed by atoms with Crippen molar-refractivity contribution >= 4 is 17.8 Å². The Labute approximate surface area is 117 Å². The molecule has 0 saturated heterocycles. The van der Waals surface area contributed by atoms with Crippen LogP contribution in [0.15, 0.2) is 42.1 Å². The van der Waals surface area contributed by atoms with E-state index in [-0.39, 0.29) is 11.7 Å². The van der Waals surface area contributed by atoms with Crippen LogP contribution < -0.4 is 4.90 Å². The highest BCUT2D eigenvalue weighted by Gasteiger charge is 2.15. The third-order valence-electron chi connectivity index (χ3n) is 3.03. The molecule has 0 aliphatic carbocycles. The number of likely N-dealkylation sites (N-methyl/N-ethyl adjacent to an activating group) is 1. The van der Waals surface area contributed by atoms with Gasteiger partial charge in [0.2, 0.25) is 0 Å². The zero-order valence-electron chi connectivity index (χ0n) is 11.7. The second-order valence-corrected chi connectivity index (χ2v) is 4.56. The lowest BCUT2D eigenvalue weighted by Crippen LogP contribution is -2.28. The molecular formula is C15H16FN3O. The zero-order valence-corrected chi connectivity index (χ0v) is 11.7. The van der Waals surface area contributed by atoms with Crippen molar-refractivity contribution in [3.05, 3.63) is 53.5 Å². The molecular weight excluding hydrogens is 257 g/mol. The molecule has 0 aliphatic heterocycles. The normalized spacial score (nSPS) is 11.5. The molecule has 2 rings (SSSR count). The molecule has 2 aromatic rings. The third-order valence-corrected chi connectivity index (χ3v) is 3.03. The molecule has 104 valence electrons. The lowest BCUT2D eigenvalue weighted by Gasteiger charge is -2.17. The van der Waals surface area contributed by atoms with Gasteiger partial charge in [-0.25, -0.2) is 4.39 Å². The van der Waals surface area contributed by atoms with E-state index < -0.39 is 0 Å². The van der Waals surface area contributed by atoms with Crippen LogP contribution in [0.25, 0.3) is 6.08 Å². The summed E-state index contributed by atoms with van der Waals surface area (Å²) in [4.78, 5) is 13.8. The number of halogens is 1. The number of carbonyl (C=O) groups excluding carboxylic acids is 1. The van der Waals surface area contributed by atoms with Crippen molar-refractivity contribution in [3.8, 4) is 0 Å². The van der Waals surface area contributed by atoms with E-state index in [1.807, 2.05) is 0 Å². The van der Waals surface area contributed by atoms with E-state index in [0.717, 1.165) is 5.56 Å². The van der Waals surface area contributed by atoms with Crippen molar-refractivity contribution in [1.29, 1.82) is 0 Å². The summed E-state index contributed by atoms with van der Waals surface area (Å²) in [7, 11) is 3.47. The highest BCUT2D eigenvalue weighted by molar-refractivity contribution is 6.07. The first-order valence-electron chi connectivity index (χ1n) is 6.19. The number of hydrogen-bond donors (Lipinski definition) is 0. The molecule has 0 spiro atoms. The van der Waals surface area contributed by atoms with Gasteiger partial charge in [0, 0.05) is 25.7 Å². The van der Waals surface area contributed by atoms with E-state index >= 15 is 0 Å². The smallest absolute Gasteiger partial charge is 0.254 e. The summed E-state index contributed by atoms with van der Waals surface area (Å²) >= 11 is 0. The molecule has 5 heteroatoms. The molecule has 1 amide bonds. The number of carbonyl (C=O) groups is 1. The Bertz CT molecular complexity index is 643. The Hall–Kier alpha value is -2.43. The maximum absolute atomic E-state index is 12.8. The zero-order chi connectivity index (χ0) is 14.7. The quantitative estimate of drug-likeness (QED) is 0.806. The minimum atomic E-state index is -0.293. The fraction of sp³-hybridized carbons (Fsp3) is 0.200. The van der Waals surface area contributed by atoms with E-state index in [0.29, 0.717) is 11.4 Å². The van der Waals surface area contributed by atoms with Crippen molar-refractivity contribution in [2.75, 3.05) is 11.9 Å². The number of anilines is 1. The predicted octanol–water partition coefficient (Wildman–Crippen LogP) is 2.63. The number of aryl methyl sites for hydroxylation is 1. The number of hydrogen-bond acceptors (Lipinski definition) is 2. The van der Waals surface area contributed by atoms with E-state index in [1.54, 1.807) is 56.2 Å². The molecule has 0 bridgehead atoms. The van der Waals surface area contributed by atoms with E-state index in [9.17, 15) is 9.18 Å². The van der Waals surface area contributed by atoms with Crippen LogP contribution in [0.5, 0.6) is 0 Å². The van der Waals surface area contributed by atoms with Gasteiger partial charge in [0.25, 0.3) is 5.91 Å². The number of aromatic nitrogens is 2. The van der Waals surface area contributed by atoms with Gasteiger partial charge >= 0.3 is 0 Å². The van der Waals surface area contributed by atoms with Crippen LogP contribution in [0.4, 0.5) is 10.2 Å². The second kappa shape index (κ2) is 5.69. The third kappa shape index (κ3) is 2.93. The second-order valence-electron chi connectivity index (χ2n) is 4.56. The molecule has 0 N–H and O–H groups in total. The summed E-state index contributed by atoms with van der Waals surface area (Å²) in [6, 6.07) is 7.78. The Morgan fingerprint density at radius 2 is 1.95 bits per heavy atom. The monoisotopic (exact) mass is 273 g/mol. The Balaban J connectivity index is 2.20. The summed E-state index contributed by atoms with van der Waals surface area (Å²) in [5.74, 6) is 0.290. The molecule has 0 unspecified atom stereocenters. The van der Waals surface area contributed by atoms with Crippen molar-refractivity contribution in [1.82, 2.24) is 9.78 Å². The predicted molar refractivity (Wildman–Crippen MR) is 76.7 cm³/mol. The van der Waals surface area contributed by atoms with Gasteiger partial charge in [-0.1, -0.05) is 12.1 Å². The lowest BCUT2D eigenvalue weighted by atomic mass is 10.1. The molecule has 0 saturated carbocycles. The lowest BCUT2D eigenvalue weighted by molar-refractivity contribution is -0.114. The molecule has 0 fully saturated rings. The summed E-state index contributed by atoms with van der Waals surface area (Å²) < 4.78 is 14.5. The van der Waals surface area contributed by atoms with Crippen LogP contribution in [0.1, 0.15) is 12.5 Å². The van der Waals surface area contributed by atoms with E-state index in [4.69, 9.17) is 0 Å². The van der Waals surface area contributed by atoms with Gasteiger partial charge in [0.15, 0.2) is 0 Å². The van der Waals surface area contributed by atoms with Crippen LogP contribution in [0.3, 0.4) is 0 Å². The molecule has 0 atom stereocenters. The molecule has 0 radical (unpaired) electrons. The van der Waals surface area contributed by atoms with Gasteiger partial charge in [-0.3, -0.25) is 14.4 Å². The van der Waals surface area contributed by atoms with Crippen LogP contribution in [-0.2, 0) is 11.8 Å². The standard InChI is InChI=1S/C15H16FN3O/c1-11(10-12-4-6-13(16)7-5-12)15(20)18(2)14-8-9-17-19(14)3/h4-10H,1-3H3/b11-10+. The molecule has 0 aliphatic rings. The van der Waals surface area contributed by atoms with Crippen molar-refractivity contribution in [3.63, 3.8) is 0 Å². The average Bonchev–Trinajstić information content (AvgIpc) is 2.86. The minimum absolute atomic E-state index is 0.127. The molecule has 20 heavy (non-hydrogen) atoms. The summed E-state index contributed by atoms with van der Waals surface area (Å²) in [5.41, 5.74) is 1.36. The maximum Gasteiger partial charge on any atom is 0.254 e. The number of benzene rings is 1. The first-order chi connectivity index (χ1) is 9.49. The van der Waals surface area contributed by atoms with Crippen LogP contribution >= 0.6 is 0 Å². The SMILES string of the molecule is C/C(=C\c1ccc(F)cc1)C(=O)N(C)c1ccnn1C. The Morgan fingerprint density at radius 3 is 2.50 bits per heavy atom. The summed E-state index contributed by atoms with van der Waals surface area (Å²) in [6.45, 7) is 1.73. The fourth-order valence-electron chi connectivity index (χ4n) is 1.94. The van der Waals surface area contributed by atoms with Gasteiger partial charge in [-0.15, -0.1) is 0 Å². The van der Waals surface area contributed by atoms with Crippen LogP contribution in [0.2, 0.25) is 0 Å². The average molecular weight is 273 g/mol. The maximum atomic E-state index is 12.8. The highest BCUT2D eigenvalue weighted by atomic mass is 19.1. The molecule has 4 nitrogen and oxygen atoms in total. The van der Waals surface area contributed by atoms with Crippen LogP contribution in [-0.4, -0.2) is 22.7 Å². The van der Waals surface area contributed by atoms with Crippen molar-refractivity contribution < 1.29 is 9.18 Å². The van der Waals surface area contributed by atoms with Crippen molar-refractivity contribution in [2.45, 2.75) is 6.92 Å². The largest absolute Gasteiger partial charge is 0.296 e. The van der Waals surface area contributed by atoms with Crippen LogP contribution in [0, 0.1) is 5.82 Å². The van der Waals surface area contributed by atoms with Gasteiger partial charge in [0.05, 0.1) is 6.20 Å². The molecule has 1 aromatic carbocycles. The van der Waals surface area contributed by atoms with Gasteiger partial charge in [-0.05, 0) is 30.7 Å². The van der Waals surface area contributed by atoms with Gasteiger partial charge < -0.3 is 0 Å². The number of amides is 1. The first kappa shape index (κ1) is 14.0. The number of rotatable bonds is 3. The van der Waals surface area contributed by atoms with Gasteiger partial charge in [-0.2, -0.15) is 5.10 Å². The molecule has 1 heterocycles. The highest BCUT2D eigenvalue weighted by Crippen LogP contribution is 2.15. The van der Waals surface area contributed by atoms with Gasteiger partial charge in [0.1, 0.15) is 11.6 Å². The fourth-order valence-corrected chi connectivity index (χ4v) is 1.94. The summed E-state index contributed by atoms with van der Waals surface area (Å²) in [6.07, 6.45) is 3.37. The Kier molecular flexibility index (Phi) is 3.98. The topological polar surface area (TPSA) is 38.1 Å².